The zero-order valence-electron chi connectivity index (χ0n) is 18.4. The predicted octanol–water partition coefficient (Wildman–Crippen LogP) is 2.96. The number of aliphatic imine (C=N–C) groups is 1. The highest BCUT2D eigenvalue weighted by molar-refractivity contribution is 5.98. The summed E-state index contributed by atoms with van der Waals surface area (Å²) in [5.74, 6) is 1.01. The van der Waals surface area contributed by atoms with Gasteiger partial charge in [0.05, 0.1) is 31.6 Å². The van der Waals surface area contributed by atoms with E-state index in [-0.39, 0.29) is 18.4 Å². The molecule has 1 aliphatic rings. The Morgan fingerprint density at radius 1 is 1.16 bits per heavy atom. The second kappa shape index (κ2) is 9.05. The number of nitrogens with two attached hydrogens (primary N) is 1. The molecule has 8 heteroatoms. The van der Waals surface area contributed by atoms with Gasteiger partial charge in [0.15, 0.2) is 0 Å². The van der Waals surface area contributed by atoms with Gasteiger partial charge in [-0.15, -0.1) is 0 Å². The summed E-state index contributed by atoms with van der Waals surface area (Å²) in [5, 5.41) is 0. The zero-order chi connectivity index (χ0) is 22.7. The Morgan fingerprint density at radius 2 is 2.00 bits per heavy atom. The molecule has 0 spiro atoms. The van der Waals surface area contributed by atoms with Crippen molar-refractivity contribution < 1.29 is 9.53 Å². The molecule has 1 aliphatic heterocycles. The van der Waals surface area contributed by atoms with Crippen LogP contribution in [0.25, 0.3) is 11.3 Å². The zero-order valence-corrected chi connectivity index (χ0v) is 18.4. The van der Waals surface area contributed by atoms with Crippen LogP contribution in [0, 0.1) is 0 Å². The number of nitrogens with zero attached hydrogens (tertiary/aromatic N) is 5. The monoisotopic (exact) mass is 430 g/mol. The van der Waals surface area contributed by atoms with Crippen LogP contribution in [0.15, 0.2) is 59.7 Å². The molecule has 2 heterocycles. The molecule has 0 aliphatic carbocycles. The highest BCUT2D eigenvalue weighted by atomic mass is 16.5. The molecule has 164 valence electrons. The molecule has 0 saturated carbocycles. The fraction of sp³-hybridized carbons (Fsp3) is 0.250. The van der Waals surface area contributed by atoms with E-state index in [0.29, 0.717) is 6.54 Å². The van der Waals surface area contributed by atoms with Crippen molar-refractivity contribution in [2.24, 2.45) is 4.99 Å². The van der Waals surface area contributed by atoms with Gasteiger partial charge in [-0.3, -0.25) is 9.79 Å². The molecule has 2 N–H and O–H groups in total. The molecule has 1 aromatic heterocycles. The van der Waals surface area contributed by atoms with Gasteiger partial charge in [-0.1, -0.05) is 18.2 Å². The summed E-state index contributed by atoms with van der Waals surface area (Å²) in [6.45, 7) is 0.790. The van der Waals surface area contributed by atoms with Gasteiger partial charge in [-0.05, 0) is 29.8 Å². The number of nitrogen functional groups attached to an aromatic ring is 1. The number of hydrogen-bond acceptors (Lipinski definition) is 7. The minimum Gasteiger partial charge on any atom is -0.497 e. The van der Waals surface area contributed by atoms with Crippen molar-refractivity contribution in [3.05, 3.63) is 60.3 Å². The minimum atomic E-state index is 0.0209. The van der Waals surface area contributed by atoms with Gasteiger partial charge in [0.25, 0.3) is 0 Å². The number of aromatic nitrogens is 2. The number of amides is 1. The van der Waals surface area contributed by atoms with Crippen molar-refractivity contribution in [1.29, 1.82) is 0 Å². The molecular weight excluding hydrogens is 404 g/mol. The van der Waals surface area contributed by atoms with E-state index in [9.17, 15) is 4.79 Å². The molecule has 0 saturated heterocycles. The first-order valence-corrected chi connectivity index (χ1v) is 10.3. The lowest BCUT2D eigenvalue weighted by atomic mass is 10.0. The number of hydrogen-bond donors (Lipinski definition) is 1. The Bertz CT molecular complexity index is 1170. The summed E-state index contributed by atoms with van der Waals surface area (Å²) in [7, 11) is 5.15. The molecule has 0 radical (unpaired) electrons. The summed E-state index contributed by atoms with van der Waals surface area (Å²) in [4.78, 5) is 29.2. The molecule has 0 bridgehead atoms. The molecule has 32 heavy (non-hydrogen) atoms. The van der Waals surface area contributed by atoms with Gasteiger partial charge >= 0.3 is 0 Å². The molecule has 8 nitrogen and oxygen atoms in total. The Morgan fingerprint density at radius 3 is 2.75 bits per heavy atom. The maximum absolute atomic E-state index is 12.5. The molecule has 0 atom stereocenters. The van der Waals surface area contributed by atoms with Crippen LogP contribution >= 0.6 is 0 Å². The number of ether oxygens (including phenoxy) is 1. The van der Waals surface area contributed by atoms with Gasteiger partial charge in [0.2, 0.25) is 11.9 Å². The van der Waals surface area contributed by atoms with Gasteiger partial charge < -0.3 is 20.3 Å². The fourth-order valence-electron chi connectivity index (χ4n) is 3.60. The van der Waals surface area contributed by atoms with E-state index in [1.165, 1.54) is 0 Å². The largest absolute Gasteiger partial charge is 0.497 e. The summed E-state index contributed by atoms with van der Waals surface area (Å²) >= 11 is 0. The van der Waals surface area contributed by atoms with E-state index in [1.807, 2.05) is 47.4 Å². The molecule has 2 aromatic carbocycles. The predicted molar refractivity (Wildman–Crippen MR) is 127 cm³/mol. The standard InChI is InChI=1S/C24H26N6O2/c1-29(2)23(31)15-30(19-5-4-6-20(13-19)32-3)14-18-11-16-7-8-17(12-22(16)27-18)21-9-10-26-24(25)28-21/h4-10,12-13H,11,14-15H2,1-3H3,(H2,25,26,28). The maximum Gasteiger partial charge on any atom is 0.241 e. The second-order valence-corrected chi connectivity index (χ2v) is 7.84. The average Bonchev–Trinajstić information content (AvgIpc) is 3.20. The molecular formula is C24H26N6O2. The number of rotatable bonds is 7. The van der Waals surface area contributed by atoms with Crippen molar-refractivity contribution >= 4 is 28.9 Å². The van der Waals surface area contributed by atoms with Crippen molar-refractivity contribution in [3.8, 4) is 17.0 Å². The quantitative estimate of drug-likeness (QED) is 0.619. The van der Waals surface area contributed by atoms with Crippen molar-refractivity contribution in [2.45, 2.75) is 6.42 Å². The number of anilines is 2. The van der Waals surface area contributed by atoms with Crippen LogP contribution in [0.4, 0.5) is 17.3 Å². The van der Waals surface area contributed by atoms with Gasteiger partial charge in [0, 0.05) is 49.7 Å². The van der Waals surface area contributed by atoms with Gasteiger partial charge in [0.1, 0.15) is 5.75 Å². The lowest BCUT2D eigenvalue weighted by molar-refractivity contribution is -0.127. The third-order valence-electron chi connectivity index (χ3n) is 5.35. The minimum absolute atomic E-state index is 0.0209. The topological polar surface area (TPSA) is 96.9 Å². The molecule has 0 unspecified atom stereocenters. The normalized spacial score (nSPS) is 12.2. The summed E-state index contributed by atoms with van der Waals surface area (Å²) in [6, 6.07) is 15.7. The highest BCUT2D eigenvalue weighted by Gasteiger charge is 2.21. The van der Waals surface area contributed by atoms with Crippen molar-refractivity contribution in [2.75, 3.05) is 44.9 Å². The third-order valence-corrected chi connectivity index (χ3v) is 5.35. The van der Waals surface area contributed by atoms with E-state index in [0.717, 1.165) is 46.1 Å². The van der Waals surface area contributed by atoms with Crippen LogP contribution in [-0.2, 0) is 11.2 Å². The van der Waals surface area contributed by atoms with Crippen LogP contribution in [0.3, 0.4) is 0 Å². The first-order valence-electron chi connectivity index (χ1n) is 10.3. The van der Waals surface area contributed by atoms with Crippen LogP contribution in [0.2, 0.25) is 0 Å². The van der Waals surface area contributed by atoms with Crippen molar-refractivity contribution in [1.82, 2.24) is 14.9 Å². The maximum atomic E-state index is 12.5. The Balaban J connectivity index is 1.59. The van der Waals surface area contributed by atoms with E-state index >= 15 is 0 Å². The van der Waals surface area contributed by atoms with Gasteiger partial charge in [-0.25, -0.2) is 9.97 Å². The van der Waals surface area contributed by atoms with Gasteiger partial charge in [-0.2, -0.15) is 0 Å². The Kier molecular flexibility index (Phi) is 6.02. The number of benzene rings is 2. The average molecular weight is 431 g/mol. The van der Waals surface area contributed by atoms with E-state index < -0.39 is 0 Å². The SMILES string of the molecule is COc1cccc(N(CC(=O)N(C)C)CC2=Nc3cc(-c4ccnc(N)n4)ccc3C2)c1. The number of likely N-dealkylation sites (N-methyl/N-ethyl adjacent to an activating group) is 1. The summed E-state index contributed by atoms with van der Waals surface area (Å²) < 4.78 is 5.37. The van der Waals surface area contributed by atoms with Crippen LogP contribution in [0.5, 0.6) is 5.75 Å². The van der Waals surface area contributed by atoms with E-state index in [4.69, 9.17) is 15.5 Å². The summed E-state index contributed by atoms with van der Waals surface area (Å²) in [5.41, 5.74) is 11.4. The second-order valence-electron chi connectivity index (χ2n) is 7.84. The molecule has 3 aromatic rings. The van der Waals surface area contributed by atoms with Crippen LogP contribution in [0.1, 0.15) is 5.56 Å². The Labute approximate surface area is 187 Å². The molecule has 1 amide bonds. The lowest BCUT2D eigenvalue weighted by Crippen LogP contribution is -2.39. The van der Waals surface area contributed by atoms with Crippen LogP contribution in [-0.4, -0.2) is 60.8 Å². The first kappa shape index (κ1) is 21.3. The number of methoxy groups -OCH3 is 1. The smallest absolute Gasteiger partial charge is 0.241 e. The number of carbonyl (C=O) groups is 1. The van der Waals surface area contributed by atoms with E-state index in [1.54, 1.807) is 32.3 Å². The van der Waals surface area contributed by atoms with Crippen molar-refractivity contribution in [3.63, 3.8) is 0 Å². The van der Waals surface area contributed by atoms with Crippen LogP contribution < -0.4 is 15.4 Å². The fourth-order valence-corrected chi connectivity index (χ4v) is 3.60. The summed E-state index contributed by atoms with van der Waals surface area (Å²) in [6.07, 6.45) is 2.38. The third kappa shape index (κ3) is 4.69. The highest BCUT2D eigenvalue weighted by Crippen LogP contribution is 2.32. The Hall–Kier alpha value is -3.94. The lowest BCUT2D eigenvalue weighted by Gasteiger charge is -2.26. The number of fused-ring (bicyclic) bond motifs is 1. The number of carbonyl (C=O) groups excluding carboxylic acids is 1. The first-order chi connectivity index (χ1) is 15.4. The molecule has 0 fully saturated rings. The molecule has 4 rings (SSSR count). The van der Waals surface area contributed by atoms with E-state index in [2.05, 4.69) is 16.0 Å².